The van der Waals surface area contributed by atoms with Crippen molar-refractivity contribution in [1.29, 1.82) is 0 Å². The summed E-state index contributed by atoms with van der Waals surface area (Å²) in [6.45, 7) is 9.62. The predicted molar refractivity (Wildman–Crippen MR) is 103 cm³/mol. The highest BCUT2D eigenvalue weighted by Crippen LogP contribution is 2.35. The normalized spacial score (nSPS) is 24.9. The summed E-state index contributed by atoms with van der Waals surface area (Å²) in [6.07, 6.45) is 1.16. The van der Waals surface area contributed by atoms with Gasteiger partial charge in [-0.15, -0.1) is 0 Å². The fourth-order valence-corrected chi connectivity index (χ4v) is 3.43. The summed E-state index contributed by atoms with van der Waals surface area (Å²) >= 11 is 3.56. The van der Waals surface area contributed by atoms with Crippen molar-refractivity contribution < 1.29 is 18.9 Å². The van der Waals surface area contributed by atoms with Gasteiger partial charge in [-0.2, -0.15) is 0 Å². The Bertz CT molecular complexity index is 517. The second-order valence-electron chi connectivity index (χ2n) is 7.47. The van der Waals surface area contributed by atoms with E-state index in [1.54, 1.807) is 7.11 Å². The first-order valence-corrected chi connectivity index (χ1v) is 10.1. The van der Waals surface area contributed by atoms with Gasteiger partial charge in [-0.3, -0.25) is 0 Å². The van der Waals surface area contributed by atoms with E-state index in [0.29, 0.717) is 19.1 Å². The summed E-state index contributed by atoms with van der Waals surface area (Å²) in [7, 11) is 1.67. The van der Waals surface area contributed by atoms with Gasteiger partial charge in [0.15, 0.2) is 5.79 Å². The van der Waals surface area contributed by atoms with Crippen molar-refractivity contribution in [3.8, 4) is 5.75 Å². The van der Waals surface area contributed by atoms with Crippen LogP contribution in [0.15, 0.2) is 24.3 Å². The van der Waals surface area contributed by atoms with E-state index in [9.17, 15) is 0 Å². The molecule has 0 amide bonds. The van der Waals surface area contributed by atoms with E-state index in [2.05, 4.69) is 29.8 Å². The molecule has 0 spiro atoms. The first-order valence-electron chi connectivity index (χ1n) is 8.97. The fourth-order valence-electron chi connectivity index (χ4n) is 3.17. The van der Waals surface area contributed by atoms with Gasteiger partial charge in [0.2, 0.25) is 0 Å². The molecule has 0 N–H and O–H groups in total. The molecular weight excluding hydrogens is 384 g/mol. The summed E-state index contributed by atoms with van der Waals surface area (Å²) in [5.41, 5.74) is 1.14. The number of alkyl halides is 1. The highest BCUT2D eigenvalue weighted by atomic mass is 79.9. The van der Waals surface area contributed by atoms with Crippen molar-refractivity contribution in [3.05, 3.63) is 29.8 Å². The highest BCUT2D eigenvalue weighted by molar-refractivity contribution is 9.09. The predicted octanol–water partition coefficient (Wildman–Crippen LogP) is 4.79. The van der Waals surface area contributed by atoms with E-state index in [-0.39, 0.29) is 18.1 Å². The van der Waals surface area contributed by atoms with Crippen LogP contribution in [0.1, 0.15) is 39.7 Å². The van der Waals surface area contributed by atoms with Crippen LogP contribution >= 0.6 is 15.9 Å². The van der Waals surface area contributed by atoms with Crippen molar-refractivity contribution in [2.24, 2.45) is 11.8 Å². The molecule has 1 aliphatic rings. The van der Waals surface area contributed by atoms with Gasteiger partial charge in [0.1, 0.15) is 5.75 Å². The van der Waals surface area contributed by atoms with Gasteiger partial charge in [-0.1, -0.05) is 41.9 Å². The lowest BCUT2D eigenvalue weighted by Gasteiger charge is -2.24. The van der Waals surface area contributed by atoms with Crippen molar-refractivity contribution in [2.45, 2.75) is 58.7 Å². The standard InChI is InChI=1S/C20H31BrO4/c1-14(11-21)10-18-19(25-20(3,4)24-18)15(2)12-23-13-16-6-8-17(22-5)9-7-16/h6-9,14-15,18-19H,10-13H2,1-5H3/t14-,15-,18-,19-/m0/s1. The zero-order valence-corrected chi connectivity index (χ0v) is 17.5. The summed E-state index contributed by atoms with van der Waals surface area (Å²) in [4.78, 5) is 0. The van der Waals surface area contributed by atoms with E-state index in [0.717, 1.165) is 23.1 Å². The molecule has 142 valence electrons. The second-order valence-corrected chi connectivity index (χ2v) is 8.12. The SMILES string of the molecule is COc1ccc(COC[C@H](C)[C@@H]2OC(C)(C)O[C@H]2C[C@H](C)CBr)cc1. The third kappa shape index (κ3) is 6.24. The molecule has 2 rings (SSSR count). The van der Waals surface area contributed by atoms with Gasteiger partial charge in [0.25, 0.3) is 0 Å². The first kappa shape index (κ1) is 20.7. The topological polar surface area (TPSA) is 36.9 Å². The zero-order chi connectivity index (χ0) is 18.4. The Balaban J connectivity index is 1.85. The number of benzene rings is 1. The maximum Gasteiger partial charge on any atom is 0.163 e. The summed E-state index contributed by atoms with van der Waals surface area (Å²) < 4.78 is 23.4. The molecule has 1 heterocycles. The minimum atomic E-state index is -0.522. The van der Waals surface area contributed by atoms with Gasteiger partial charge >= 0.3 is 0 Å². The van der Waals surface area contributed by atoms with Crippen molar-refractivity contribution in [1.82, 2.24) is 0 Å². The molecule has 4 nitrogen and oxygen atoms in total. The van der Waals surface area contributed by atoms with Gasteiger partial charge in [-0.05, 0) is 43.9 Å². The number of halogens is 1. The lowest BCUT2D eigenvalue weighted by Crippen LogP contribution is -2.33. The molecule has 0 bridgehead atoms. The van der Waals surface area contributed by atoms with Crippen molar-refractivity contribution in [2.75, 3.05) is 19.0 Å². The molecule has 1 aliphatic heterocycles. The molecule has 0 radical (unpaired) electrons. The van der Waals surface area contributed by atoms with Crippen LogP contribution in [-0.4, -0.2) is 37.0 Å². The van der Waals surface area contributed by atoms with Gasteiger partial charge in [0.05, 0.1) is 32.5 Å². The van der Waals surface area contributed by atoms with Crippen LogP contribution < -0.4 is 4.74 Å². The summed E-state index contributed by atoms with van der Waals surface area (Å²) in [5.74, 6) is 1.16. The third-order valence-electron chi connectivity index (χ3n) is 4.49. The van der Waals surface area contributed by atoms with Crippen LogP contribution in [0.5, 0.6) is 5.75 Å². The molecule has 25 heavy (non-hydrogen) atoms. The van der Waals surface area contributed by atoms with Gasteiger partial charge < -0.3 is 18.9 Å². The number of hydrogen-bond acceptors (Lipinski definition) is 4. The lowest BCUT2D eigenvalue weighted by atomic mass is 9.94. The van der Waals surface area contributed by atoms with E-state index in [4.69, 9.17) is 18.9 Å². The molecule has 0 aliphatic carbocycles. The Morgan fingerprint density at radius 3 is 2.44 bits per heavy atom. The van der Waals surface area contributed by atoms with E-state index in [1.807, 2.05) is 38.1 Å². The Kier molecular flexibility index (Phi) is 7.74. The molecule has 0 saturated carbocycles. The molecule has 5 heteroatoms. The van der Waals surface area contributed by atoms with Crippen LogP contribution in [0.4, 0.5) is 0 Å². The smallest absolute Gasteiger partial charge is 0.163 e. The Labute approximate surface area is 160 Å². The number of ether oxygens (including phenoxy) is 4. The van der Waals surface area contributed by atoms with Crippen LogP contribution in [-0.2, 0) is 20.8 Å². The minimum absolute atomic E-state index is 0.0624. The maximum absolute atomic E-state index is 6.17. The molecular formula is C20H31BrO4. The van der Waals surface area contributed by atoms with Crippen molar-refractivity contribution in [3.63, 3.8) is 0 Å². The second kappa shape index (κ2) is 9.36. The number of methoxy groups -OCH3 is 1. The average Bonchev–Trinajstić information content (AvgIpc) is 2.89. The molecule has 1 aromatic rings. The first-order chi connectivity index (χ1) is 11.8. The highest BCUT2D eigenvalue weighted by Gasteiger charge is 2.43. The Hall–Kier alpha value is -0.620. The monoisotopic (exact) mass is 414 g/mol. The van der Waals surface area contributed by atoms with Crippen LogP contribution in [0.25, 0.3) is 0 Å². The summed E-state index contributed by atoms with van der Waals surface area (Å²) in [5, 5.41) is 0.975. The molecule has 0 aromatic heterocycles. The molecule has 0 unspecified atom stereocenters. The fraction of sp³-hybridized carbons (Fsp3) is 0.700. The largest absolute Gasteiger partial charge is 0.497 e. The number of rotatable bonds is 9. The van der Waals surface area contributed by atoms with E-state index in [1.165, 1.54) is 0 Å². The van der Waals surface area contributed by atoms with Crippen LogP contribution in [0.2, 0.25) is 0 Å². The van der Waals surface area contributed by atoms with E-state index >= 15 is 0 Å². The van der Waals surface area contributed by atoms with E-state index < -0.39 is 5.79 Å². The number of hydrogen-bond donors (Lipinski definition) is 0. The molecule has 1 saturated heterocycles. The molecule has 1 fully saturated rings. The minimum Gasteiger partial charge on any atom is -0.497 e. The summed E-state index contributed by atoms with van der Waals surface area (Å²) in [6, 6.07) is 7.97. The van der Waals surface area contributed by atoms with Crippen LogP contribution in [0.3, 0.4) is 0 Å². The molecule has 1 aromatic carbocycles. The maximum atomic E-state index is 6.17. The zero-order valence-electron chi connectivity index (χ0n) is 16.0. The third-order valence-corrected chi connectivity index (χ3v) is 5.59. The average molecular weight is 415 g/mol. The van der Waals surface area contributed by atoms with Crippen molar-refractivity contribution >= 4 is 15.9 Å². The quantitative estimate of drug-likeness (QED) is 0.544. The van der Waals surface area contributed by atoms with Gasteiger partial charge in [-0.25, -0.2) is 0 Å². The van der Waals surface area contributed by atoms with Crippen LogP contribution in [0, 0.1) is 11.8 Å². The van der Waals surface area contributed by atoms with Gasteiger partial charge in [0, 0.05) is 11.2 Å². The lowest BCUT2D eigenvalue weighted by molar-refractivity contribution is -0.152. The Morgan fingerprint density at radius 2 is 1.84 bits per heavy atom. The molecule has 4 atom stereocenters. The Morgan fingerprint density at radius 1 is 1.16 bits per heavy atom.